The number of hydrogen-bond donors (Lipinski definition) is 2. The van der Waals surface area contributed by atoms with Gasteiger partial charge in [0, 0.05) is 20.1 Å². The Morgan fingerprint density at radius 2 is 1.95 bits per heavy atom. The number of aliphatic hydroxyl groups is 1. The van der Waals surface area contributed by atoms with Gasteiger partial charge in [-0.3, -0.25) is 0 Å². The Morgan fingerprint density at radius 3 is 2.52 bits per heavy atom. The van der Waals surface area contributed by atoms with Crippen molar-refractivity contribution >= 4 is 10.0 Å². The molecule has 1 aromatic carbocycles. The van der Waals surface area contributed by atoms with Crippen molar-refractivity contribution in [2.45, 2.75) is 49.6 Å². The van der Waals surface area contributed by atoms with E-state index in [0.717, 1.165) is 18.4 Å². The van der Waals surface area contributed by atoms with Gasteiger partial charge in [-0.2, -0.15) is 4.31 Å². The molecule has 2 rings (SSSR count). The molecule has 0 atom stereocenters. The number of sulfonamides is 1. The first-order valence-electron chi connectivity index (χ1n) is 7.27. The first kappa shape index (κ1) is 16.4. The first-order chi connectivity index (χ1) is 9.78. The van der Waals surface area contributed by atoms with Gasteiger partial charge in [-0.05, 0) is 37.0 Å². The molecule has 3 N–H and O–H groups in total. The number of hydrogen-bond acceptors (Lipinski definition) is 4. The van der Waals surface area contributed by atoms with Gasteiger partial charge in [0.05, 0.1) is 10.5 Å². The minimum absolute atomic E-state index is 0.141. The van der Waals surface area contributed by atoms with Crippen LogP contribution in [0.2, 0.25) is 0 Å². The molecule has 1 aliphatic carbocycles. The van der Waals surface area contributed by atoms with E-state index in [-0.39, 0.29) is 11.4 Å². The Labute approximate surface area is 126 Å². The highest BCUT2D eigenvalue weighted by Crippen LogP contribution is 2.31. The topological polar surface area (TPSA) is 83.6 Å². The van der Waals surface area contributed by atoms with E-state index >= 15 is 0 Å². The lowest BCUT2D eigenvalue weighted by molar-refractivity contribution is 0.0333. The quantitative estimate of drug-likeness (QED) is 0.860. The van der Waals surface area contributed by atoms with Gasteiger partial charge in [0.1, 0.15) is 0 Å². The third-order valence-corrected chi connectivity index (χ3v) is 6.17. The summed E-state index contributed by atoms with van der Waals surface area (Å²) in [6.45, 7) is 2.21. The molecule has 0 unspecified atom stereocenters. The summed E-state index contributed by atoms with van der Waals surface area (Å²) in [7, 11) is -2.08. The van der Waals surface area contributed by atoms with Crippen LogP contribution < -0.4 is 5.73 Å². The Balaban J connectivity index is 2.28. The molecule has 0 heterocycles. The van der Waals surface area contributed by atoms with E-state index in [1.54, 1.807) is 19.1 Å². The van der Waals surface area contributed by atoms with Gasteiger partial charge in [-0.1, -0.05) is 25.0 Å². The SMILES string of the molecule is Cc1ccc(CN)cc1S(=O)(=O)N(C)CC1(O)CCCC1. The largest absolute Gasteiger partial charge is 0.389 e. The number of rotatable bonds is 5. The van der Waals surface area contributed by atoms with Crippen molar-refractivity contribution in [3.63, 3.8) is 0 Å². The highest BCUT2D eigenvalue weighted by Gasteiger charge is 2.36. The zero-order valence-corrected chi connectivity index (χ0v) is 13.5. The monoisotopic (exact) mass is 312 g/mol. The molecular formula is C15H24N2O3S. The van der Waals surface area contributed by atoms with Crippen LogP contribution in [0.25, 0.3) is 0 Å². The summed E-state index contributed by atoms with van der Waals surface area (Å²) in [4.78, 5) is 0.273. The number of nitrogens with zero attached hydrogens (tertiary/aromatic N) is 1. The predicted octanol–water partition coefficient (Wildman–Crippen LogP) is 1.38. The number of likely N-dealkylation sites (N-methyl/N-ethyl adjacent to an activating group) is 1. The van der Waals surface area contributed by atoms with Crippen LogP contribution in [-0.4, -0.2) is 37.0 Å². The molecule has 6 heteroatoms. The van der Waals surface area contributed by atoms with Gasteiger partial charge >= 0.3 is 0 Å². The minimum Gasteiger partial charge on any atom is -0.389 e. The van der Waals surface area contributed by atoms with Crippen molar-refractivity contribution in [2.24, 2.45) is 5.73 Å². The Kier molecular flexibility index (Phi) is 4.72. The molecule has 0 bridgehead atoms. The molecule has 1 aliphatic rings. The van der Waals surface area contributed by atoms with Crippen LogP contribution in [0.3, 0.4) is 0 Å². The maximum atomic E-state index is 12.7. The molecule has 0 aliphatic heterocycles. The highest BCUT2D eigenvalue weighted by atomic mass is 32.2. The number of nitrogens with two attached hydrogens (primary N) is 1. The van der Waals surface area contributed by atoms with Crippen LogP contribution in [0.5, 0.6) is 0 Å². The van der Waals surface area contributed by atoms with E-state index in [1.165, 1.54) is 11.4 Å². The van der Waals surface area contributed by atoms with E-state index < -0.39 is 15.6 Å². The second kappa shape index (κ2) is 6.04. The highest BCUT2D eigenvalue weighted by molar-refractivity contribution is 7.89. The van der Waals surface area contributed by atoms with Gasteiger partial charge in [0.15, 0.2) is 0 Å². The summed E-state index contributed by atoms with van der Waals surface area (Å²) in [6.07, 6.45) is 3.22. The summed E-state index contributed by atoms with van der Waals surface area (Å²) in [5.74, 6) is 0. The smallest absolute Gasteiger partial charge is 0.243 e. The maximum Gasteiger partial charge on any atom is 0.243 e. The lowest BCUT2D eigenvalue weighted by Gasteiger charge is -2.28. The Bertz CT molecular complexity index is 607. The second-order valence-corrected chi connectivity index (χ2v) is 8.01. The minimum atomic E-state index is -3.61. The lowest BCUT2D eigenvalue weighted by atomic mass is 10.0. The molecule has 0 radical (unpaired) electrons. The predicted molar refractivity (Wildman–Crippen MR) is 82.3 cm³/mol. The molecule has 21 heavy (non-hydrogen) atoms. The van der Waals surface area contributed by atoms with Crippen molar-refractivity contribution in [1.29, 1.82) is 0 Å². The molecule has 1 aromatic rings. The van der Waals surface area contributed by atoms with Gasteiger partial charge in [-0.15, -0.1) is 0 Å². The van der Waals surface area contributed by atoms with Crippen molar-refractivity contribution in [3.8, 4) is 0 Å². The van der Waals surface area contributed by atoms with Crippen LogP contribution in [-0.2, 0) is 16.6 Å². The van der Waals surface area contributed by atoms with Gasteiger partial charge < -0.3 is 10.8 Å². The summed E-state index contributed by atoms with van der Waals surface area (Å²) in [5.41, 5.74) is 6.18. The van der Waals surface area contributed by atoms with Crippen LogP contribution in [0, 0.1) is 6.92 Å². The van der Waals surface area contributed by atoms with Crippen LogP contribution in [0.1, 0.15) is 36.8 Å². The lowest BCUT2D eigenvalue weighted by Crippen LogP contribution is -2.42. The van der Waals surface area contributed by atoms with Gasteiger partial charge in [-0.25, -0.2) is 8.42 Å². The molecule has 0 spiro atoms. The zero-order valence-electron chi connectivity index (χ0n) is 12.7. The fourth-order valence-electron chi connectivity index (χ4n) is 2.91. The molecule has 1 saturated carbocycles. The standard InChI is InChI=1S/C15H24N2O3S/c1-12-5-6-13(10-16)9-14(12)21(19,20)17(2)11-15(18)7-3-4-8-15/h5-6,9,18H,3-4,7-8,10-11,16H2,1-2H3. The van der Waals surface area contributed by atoms with E-state index in [1.807, 2.05) is 6.07 Å². The Morgan fingerprint density at radius 1 is 1.33 bits per heavy atom. The van der Waals surface area contributed by atoms with Crippen LogP contribution in [0.4, 0.5) is 0 Å². The summed E-state index contributed by atoms with van der Waals surface area (Å²) in [5, 5.41) is 10.4. The molecule has 1 fully saturated rings. The van der Waals surface area contributed by atoms with Crippen LogP contribution >= 0.6 is 0 Å². The first-order valence-corrected chi connectivity index (χ1v) is 8.71. The van der Waals surface area contributed by atoms with E-state index in [0.29, 0.717) is 24.9 Å². The fourth-order valence-corrected chi connectivity index (χ4v) is 4.43. The van der Waals surface area contributed by atoms with Crippen molar-refractivity contribution in [2.75, 3.05) is 13.6 Å². The molecule has 0 saturated heterocycles. The summed E-state index contributed by atoms with van der Waals surface area (Å²) < 4.78 is 26.7. The third-order valence-electron chi connectivity index (χ3n) is 4.23. The molecule has 0 aromatic heterocycles. The van der Waals surface area contributed by atoms with E-state index in [4.69, 9.17) is 5.73 Å². The normalized spacial score (nSPS) is 18.3. The third kappa shape index (κ3) is 3.45. The van der Waals surface area contributed by atoms with Crippen molar-refractivity contribution in [1.82, 2.24) is 4.31 Å². The Hall–Kier alpha value is -0.950. The molecule has 5 nitrogen and oxygen atoms in total. The molecular weight excluding hydrogens is 288 g/mol. The zero-order chi connectivity index (χ0) is 15.7. The fraction of sp³-hybridized carbons (Fsp3) is 0.600. The summed E-state index contributed by atoms with van der Waals surface area (Å²) >= 11 is 0. The van der Waals surface area contributed by atoms with E-state index in [9.17, 15) is 13.5 Å². The van der Waals surface area contributed by atoms with Crippen molar-refractivity contribution in [3.05, 3.63) is 29.3 Å². The average molecular weight is 312 g/mol. The molecule has 0 amide bonds. The van der Waals surface area contributed by atoms with Crippen molar-refractivity contribution < 1.29 is 13.5 Å². The van der Waals surface area contributed by atoms with Crippen LogP contribution in [0.15, 0.2) is 23.1 Å². The summed E-state index contributed by atoms with van der Waals surface area (Å²) in [6, 6.07) is 5.23. The van der Waals surface area contributed by atoms with Gasteiger partial charge in [0.25, 0.3) is 0 Å². The maximum absolute atomic E-state index is 12.7. The van der Waals surface area contributed by atoms with E-state index in [2.05, 4.69) is 0 Å². The second-order valence-electron chi connectivity index (χ2n) is 6.00. The average Bonchev–Trinajstić information content (AvgIpc) is 2.85. The van der Waals surface area contributed by atoms with Gasteiger partial charge in [0.2, 0.25) is 10.0 Å². The molecule has 118 valence electrons. The number of benzene rings is 1. The number of aryl methyl sites for hydroxylation is 1.